The van der Waals surface area contributed by atoms with E-state index in [1.54, 1.807) is 0 Å². The molecule has 0 saturated carbocycles. The molecule has 1 aromatic carbocycles. The minimum absolute atomic E-state index is 0.405. The van der Waals surface area contributed by atoms with Gasteiger partial charge >= 0.3 is 0 Å². The minimum atomic E-state index is 0.405. The van der Waals surface area contributed by atoms with Crippen molar-refractivity contribution in [2.24, 2.45) is 5.73 Å². The van der Waals surface area contributed by atoms with Gasteiger partial charge in [0.2, 0.25) is 0 Å². The number of nitrogens with zero attached hydrogens (tertiary/aromatic N) is 1. The Kier molecular flexibility index (Phi) is 4.77. The van der Waals surface area contributed by atoms with Gasteiger partial charge in [-0.15, -0.1) is 0 Å². The largest absolute Gasteiger partial charge is 0.379 e. The fourth-order valence-corrected chi connectivity index (χ4v) is 2.14. The topological polar surface area (TPSA) is 38.5 Å². The standard InChI is InChI=1S/C15H20N2O/c1-13-12-18-10-9-17(13)11-15-6-3-2-5-14(15)7-4-8-16/h2-3,5-6,13H,8-12,16H2,1H3. The van der Waals surface area contributed by atoms with Crippen LogP contribution in [0.2, 0.25) is 0 Å². The zero-order valence-corrected chi connectivity index (χ0v) is 10.9. The molecule has 1 heterocycles. The number of hydrogen-bond acceptors (Lipinski definition) is 3. The van der Waals surface area contributed by atoms with Gasteiger partial charge in [-0.25, -0.2) is 0 Å². The average Bonchev–Trinajstić information content (AvgIpc) is 2.40. The van der Waals surface area contributed by atoms with E-state index in [0.717, 1.165) is 31.9 Å². The third-order valence-corrected chi connectivity index (χ3v) is 3.22. The van der Waals surface area contributed by atoms with E-state index in [1.165, 1.54) is 5.56 Å². The molecule has 2 rings (SSSR count). The Hall–Kier alpha value is -1.34. The molecule has 3 nitrogen and oxygen atoms in total. The lowest BCUT2D eigenvalue weighted by Gasteiger charge is -2.33. The molecule has 1 atom stereocenters. The predicted molar refractivity (Wildman–Crippen MR) is 73.1 cm³/mol. The van der Waals surface area contributed by atoms with E-state index < -0.39 is 0 Å². The second-order valence-electron chi connectivity index (χ2n) is 4.56. The predicted octanol–water partition coefficient (Wildman–Crippen LogP) is 1.22. The first kappa shape index (κ1) is 13.1. The van der Waals surface area contributed by atoms with Gasteiger partial charge < -0.3 is 10.5 Å². The highest BCUT2D eigenvalue weighted by atomic mass is 16.5. The Labute approximate surface area is 109 Å². The van der Waals surface area contributed by atoms with Crippen LogP contribution in [0.3, 0.4) is 0 Å². The van der Waals surface area contributed by atoms with Crippen molar-refractivity contribution in [3.05, 3.63) is 35.4 Å². The van der Waals surface area contributed by atoms with Crippen molar-refractivity contribution >= 4 is 0 Å². The summed E-state index contributed by atoms with van der Waals surface area (Å²) in [5, 5.41) is 0. The van der Waals surface area contributed by atoms with Crippen molar-refractivity contribution in [1.82, 2.24) is 4.90 Å². The van der Waals surface area contributed by atoms with Gasteiger partial charge in [0.1, 0.15) is 0 Å². The van der Waals surface area contributed by atoms with Crippen LogP contribution in [0.4, 0.5) is 0 Å². The smallest absolute Gasteiger partial charge is 0.0619 e. The molecular weight excluding hydrogens is 224 g/mol. The van der Waals surface area contributed by atoms with Crippen LogP contribution in [0, 0.1) is 11.8 Å². The van der Waals surface area contributed by atoms with Crippen molar-refractivity contribution in [2.75, 3.05) is 26.3 Å². The van der Waals surface area contributed by atoms with Gasteiger partial charge in [-0.1, -0.05) is 30.0 Å². The summed E-state index contributed by atoms with van der Waals surface area (Å²) in [4.78, 5) is 2.44. The Balaban J connectivity index is 2.12. The monoisotopic (exact) mass is 244 g/mol. The molecule has 0 amide bonds. The summed E-state index contributed by atoms with van der Waals surface area (Å²) in [5.74, 6) is 6.07. The molecule has 1 fully saturated rings. The summed E-state index contributed by atoms with van der Waals surface area (Å²) in [7, 11) is 0. The third kappa shape index (κ3) is 3.33. The Morgan fingerprint density at radius 1 is 1.44 bits per heavy atom. The van der Waals surface area contributed by atoms with Gasteiger partial charge in [-0.2, -0.15) is 0 Å². The molecule has 96 valence electrons. The summed E-state index contributed by atoms with van der Waals surface area (Å²) in [6.07, 6.45) is 0. The molecule has 0 aromatic heterocycles. The first-order valence-electron chi connectivity index (χ1n) is 6.40. The number of ether oxygens (including phenoxy) is 1. The summed E-state index contributed by atoms with van der Waals surface area (Å²) in [6, 6.07) is 8.75. The third-order valence-electron chi connectivity index (χ3n) is 3.22. The molecule has 0 spiro atoms. The van der Waals surface area contributed by atoms with Gasteiger partial charge in [0.15, 0.2) is 0 Å². The number of benzene rings is 1. The van der Waals surface area contributed by atoms with Crippen LogP contribution in [0.15, 0.2) is 24.3 Å². The summed E-state index contributed by atoms with van der Waals surface area (Å²) in [5.41, 5.74) is 7.79. The van der Waals surface area contributed by atoms with Gasteiger partial charge in [-0.3, -0.25) is 4.90 Å². The molecule has 0 radical (unpaired) electrons. The number of rotatable bonds is 2. The highest BCUT2D eigenvalue weighted by molar-refractivity contribution is 5.41. The van der Waals surface area contributed by atoms with E-state index in [9.17, 15) is 0 Å². The van der Waals surface area contributed by atoms with Crippen LogP contribution in [0.1, 0.15) is 18.1 Å². The van der Waals surface area contributed by atoms with E-state index >= 15 is 0 Å². The van der Waals surface area contributed by atoms with Crippen molar-refractivity contribution in [1.29, 1.82) is 0 Å². The highest BCUT2D eigenvalue weighted by Gasteiger charge is 2.19. The molecule has 1 aromatic rings. The van der Waals surface area contributed by atoms with Crippen LogP contribution in [0.25, 0.3) is 0 Å². The molecular formula is C15H20N2O. The highest BCUT2D eigenvalue weighted by Crippen LogP contribution is 2.15. The fraction of sp³-hybridized carbons (Fsp3) is 0.467. The zero-order chi connectivity index (χ0) is 12.8. The average molecular weight is 244 g/mol. The maximum atomic E-state index is 5.46. The summed E-state index contributed by atoms with van der Waals surface area (Å²) < 4.78 is 5.46. The Morgan fingerprint density at radius 2 is 2.28 bits per heavy atom. The van der Waals surface area contributed by atoms with E-state index in [-0.39, 0.29) is 0 Å². The van der Waals surface area contributed by atoms with Crippen molar-refractivity contribution in [3.63, 3.8) is 0 Å². The molecule has 1 saturated heterocycles. The van der Waals surface area contributed by atoms with E-state index in [1.807, 2.05) is 6.07 Å². The molecule has 0 aliphatic carbocycles. The molecule has 3 heteroatoms. The zero-order valence-electron chi connectivity index (χ0n) is 10.9. The SMILES string of the molecule is CC1COCCN1Cc1ccccc1C#CCN. The van der Waals surface area contributed by atoms with E-state index in [2.05, 4.69) is 41.9 Å². The normalized spacial score (nSPS) is 20.2. The van der Waals surface area contributed by atoms with Crippen LogP contribution in [0.5, 0.6) is 0 Å². The van der Waals surface area contributed by atoms with Crippen LogP contribution in [-0.2, 0) is 11.3 Å². The quantitative estimate of drug-likeness (QED) is 0.795. The second kappa shape index (κ2) is 6.55. The fourth-order valence-electron chi connectivity index (χ4n) is 2.14. The summed E-state index contributed by atoms with van der Waals surface area (Å²) in [6.45, 7) is 6.16. The first-order valence-corrected chi connectivity index (χ1v) is 6.40. The molecule has 1 unspecified atom stereocenters. The van der Waals surface area contributed by atoms with Gasteiger partial charge in [0.05, 0.1) is 19.8 Å². The maximum absolute atomic E-state index is 5.46. The van der Waals surface area contributed by atoms with Crippen LogP contribution < -0.4 is 5.73 Å². The van der Waals surface area contributed by atoms with Crippen molar-refractivity contribution in [3.8, 4) is 11.8 Å². The molecule has 2 N–H and O–H groups in total. The first-order chi connectivity index (χ1) is 8.81. The van der Waals surface area contributed by atoms with Crippen molar-refractivity contribution in [2.45, 2.75) is 19.5 Å². The second-order valence-corrected chi connectivity index (χ2v) is 4.56. The lowest BCUT2D eigenvalue weighted by atomic mass is 10.1. The molecule has 1 aliphatic heterocycles. The summed E-state index contributed by atoms with van der Waals surface area (Å²) >= 11 is 0. The minimum Gasteiger partial charge on any atom is -0.379 e. The van der Waals surface area contributed by atoms with Crippen molar-refractivity contribution < 1.29 is 4.74 Å². The van der Waals surface area contributed by atoms with Gasteiger partial charge in [0, 0.05) is 24.7 Å². The van der Waals surface area contributed by atoms with Crippen LogP contribution >= 0.6 is 0 Å². The number of morpholine rings is 1. The Morgan fingerprint density at radius 3 is 3.06 bits per heavy atom. The van der Waals surface area contributed by atoms with Gasteiger partial charge in [0.25, 0.3) is 0 Å². The molecule has 0 bridgehead atoms. The maximum Gasteiger partial charge on any atom is 0.0619 e. The van der Waals surface area contributed by atoms with Gasteiger partial charge in [-0.05, 0) is 18.6 Å². The number of hydrogen-bond donors (Lipinski definition) is 1. The van der Waals surface area contributed by atoms with E-state index in [4.69, 9.17) is 10.5 Å². The molecule has 1 aliphatic rings. The lowest BCUT2D eigenvalue weighted by Crippen LogP contribution is -2.43. The Bertz CT molecular complexity index is 447. The number of nitrogens with two attached hydrogens (primary N) is 1. The lowest BCUT2D eigenvalue weighted by molar-refractivity contribution is -0.00440. The molecule has 18 heavy (non-hydrogen) atoms. The van der Waals surface area contributed by atoms with E-state index in [0.29, 0.717) is 12.6 Å². The van der Waals surface area contributed by atoms with Crippen LogP contribution in [-0.4, -0.2) is 37.2 Å².